The van der Waals surface area contributed by atoms with Crippen molar-refractivity contribution in [3.8, 4) is 57.3 Å². The molecule has 4 heterocycles. The molecule has 0 radical (unpaired) electrons. The average Bonchev–Trinajstić information content (AvgIpc) is 3.97. The van der Waals surface area contributed by atoms with Crippen molar-refractivity contribution in [3.63, 3.8) is 0 Å². The molecular weight excluding hydrogens is 679 g/mol. The summed E-state index contributed by atoms with van der Waals surface area (Å²) in [5.41, 5.74) is 8.74. The van der Waals surface area contributed by atoms with Crippen LogP contribution in [0.5, 0.6) is 0 Å². The topological polar surface area (TPSA) is 87.5 Å². The van der Waals surface area contributed by atoms with Crippen molar-refractivity contribution in [1.82, 2.24) is 34.3 Å². The molecule has 8 heteroatoms. The van der Waals surface area contributed by atoms with Gasteiger partial charge < -0.3 is 8.98 Å². The number of nitrogens with zero attached hydrogens (tertiary/aromatic N) is 7. The number of benzene rings is 7. The molecule has 0 saturated carbocycles. The molecule has 8 nitrogen and oxygen atoms in total. The number of hydrogen-bond donors (Lipinski definition) is 0. The first-order valence-corrected chi connectivity index (χ1v) is 18.1. The standard InChI is InChI=1S/C47H29N7O/c1-4-14-30(15-5-1)43-48-44(31-16-6-2-7-17-31)50-47(49-43)54-40-23-13-11-21-36(40)38-28-32(25-27-41(38)54)45-51-52-46(55-45)33-24-26-37-35-20-10-12-22-39(35)53(42(37)29-33)34-18-8-3-9-19-34/h1-29H. The Morgan fingerprint density at radius 2 is 0.836 bits per heavy atom. The Bertz CT molecular complexity index is 3140. The highest BCUT2D eigenvalue weighted by Gasteiger charge is 2.20. The largest absolute Gasteiger partial charge is 0.416 e. The highest BCUT2D eigenvalue weighted by molar-refractivity contribution is 6.11. The highest BCUT2D eigenvalue weighted by Crippen LogP contribution is 2.37. The van der Waals surface area contributed by atoms with Gasteiger partial charge in [-0.2, -0.15) is 9.97 Å². The van der Waals surface area contributed by atoms with E-state index in [9.17, 15) is 0 Å². The lowest BCUT2D eigenvalue weighted by molar-refractivity contribution is 0.585. The molecule has 0 bridgehead atoms. The van der Waals surface area contributed by atoms with E-state index in [2.05, 4.69) is 110 Å². The number of para-hydroxylation sites is 3. The first-order chi connectivity index (χ1) is 27.3. The van der Waals surface area contributed by atoms with Crippen LogP contribution in [0.2, 0.25) is 0 Å². The molecule has 0 aliphatic carbocycles. The van der Waals surface area contributed by atoms with Crippen molar-refractivity contribution in [1.29, 1.82) is 0 Å². The molecular formula is C47H29N7O. The smallest absolute Gasteiger partial charge is 0.248 e. The summed E-state index contributed by atoms with van der Waals surface area (Å²) in [5.74, 6) is 2.64. The molecule has 0 aliphatic rings. The number of aromatic nitrogens is 7. The summed E-state index contributed by atoms with van der Waals surface area (Å²) < 4.78 is 10.8. The Balaban J connectivity index is 1.03. The monoisotopic (exact) mass is 707 g/mol. The summed E-state index contributed by atoms with van der Waals surface area (Å²) in [5, 5.41) is 13.5. The molecule has 4 aromatic heterocycles. The van der Waals surface area contributed by atoms with E-state index < -0.39 is 0 Å². The van der Waals surface area contributed by atoms with Crippen molar-refractivity contribution in [3.05, 3.63) is 176 Å². The van der Waals surface area contributed by atoms with E-state index in [0.717, 1.165) is 66.2 Å². The molecule has 11 rings (SSSR count). The third-order valence-electron chi connectivity index (χ3n) is 10.2. The van der Waals surface area contributed by atoms with E-state index in [4.69, 9.17) is 19.4 Å². The number of rotatable bonds is 6. The SMILES string of the molecule is c1ccc(-c2nc(-c3ccccc3)nc(-n3c4ccccc4c4cc(-c5nnc(-c6ccc7c8ccccc8n(-c8ccccc8)c7c6)o5)ccc43)n2)cc1. The van der Waals surface area contributed by atoms with Crippen molar-refractivity contribution >= 4 is 43.6 Å². The van der Waals surface area contributed by atoms with E-state index in [1.165, 1.54) is 5.39 Å². The van der Waals surface area contributed by atoms with Crippen LogP contribution in [-0.4, -0.2) is 34.3 Å². The van der Waals surface area contributed by atoms with Gasteiger partial charge in [-0.15, -0.1) is 10.2 Å². The normalized spacial score (nSPS) is 11.6. The van der Waals surface area contributed by atoms with E-state index in [1.807, 2.05) is 84.9 Å². The Labute approximate surface area is 314 Å². The first kappa shape index (κ1) is 30.9. The van der Waals surface area contributed by atoms with E-state index in [0.29, 0.717) is 29.4 Å². The zero-order valence-electron chi connectivity index (χ0n) is 29.3. The molecule has 258 valence electrons. The van der Waals surface area contributed by atoms with E-state index in [-0.39, 0.29) is 0 Å². The van der Waals surface area contributed by atoms with Gasteiger partial charge in [0.1, 0.15) is 0 Å². The zero-order chi connectivity index (χ0) is 36.3. The maximum atomic E-state index is 6.43. The molecule has 7 aromatic carbocycles. The van der Waals surface area contributed by atoms with Gasteiger partial charge in [0.05, 0.1) is 22.1 Å². The van der Waals surface area contributed by atoms with Crippen LogP contribution in [0.25, 0.3) is 101 Å². The minimum absolute atomic E-state index is 0.440. The average molecular weight is 708 g/mol. The van der Waals surface area contributed by atoms with Crippen LogP contribution in [-0.2, 0) is 0 Å². The minimum Gasteiger partial charge on any atom is -0.416 e. The van der Waals surface area contributed by atoms with Crippen LogP contribution in [0.3, 0.4) is 0 Å². The van der Waals surface area contributed by atoms with Crippen LogP contribution < -0.4 is 0 Å². The lowest BCUT2D eigenvalue weighted by Crippen LogP contribution is -2.06. The van der Waals surface area contributed by atoms with Gasteiger partial charge in [-0.05, 0) is 54.6 Å². The fourth-order valence-electron chi connectivity index (χ4n) is 7.63. The molecule has 0 unspecified atom stereocenters. The molecule has 0 saturated heterocycles. The van der Waals surface area contributed by atoms with Gasteiger partial charge in [-0.3, -0.25) is 4.57 Å². The molecule has 0 aliphatic heterocycles. The lowest BCUT2D eigenvalue weighted by Gasteiger charge is -2.10. The summed E-state index contributed by atoms with van der Waals surface area (Å²) in [6, 6.07) is 59.8. The minimum atomic E-state index is 0.440. The highest BCUT2D eigenvalue weighted by atomic mass is 16.4. The van der Waals surface area contributed by atoms with Crippen LogP contribution in [0.1, 0.15) is 0 Å². The summed E-state index contributed by atoms with van der Waals surface area (Å²) >= 11 is 0. The van der Waals surface area contributed by atoms with Gasteiger partial charge in [-0.25, -0.2) is 4.98 Å². The molecule has 55 heavy (non-hydrogen) atoms. The molecule has 11 aromatic rings. The molecule has 0 fully saturated rings. The van der Waals surface area contributed by atoms with E-state index >= 15 is 0 Å². The van der Waals surface area contributed by atoms with Gasteiger partial charge in [0, 0.05) is 49.5 Å². The fourth-order valence-corrected chi connectivity index (χ4v) is 7.63. The Hall–Kier alpha value is -7.71. The van der Waals surface area contributed by atoms with Crippen LogP contribution in [0.15, 0.2) is 180 Å². The van der Waals surface area contributed by atoms with Gasteiger partial charge >= 0.3 is 0 Å². The molecule has 0 spiro atoms. The summed E-state index contributed by atoms with van der Waals surface area (Å²) in [7, 11) is 0. The van der Waals surface area contributed by atoms with Gasteiger partial charge in [0.25, 0.3) is 0 Å². The molecule has 0 atom stereocenters. The predicted molar refractivity (Wildman–Crippen MR) is 218 cm³/mol. The summed E-state index contributed by atoms with van der Waals surface area (Å²) in [6.45, 7) is 0. The van der Waals surface area contributed by atoms with Gasteiger partial charge in [0.15, 0.2) is 11.6 Å². The second-order valence-corrected chi connectivity index (χ2v) is 13.4. The third kappa shape index (κ3) is 5.11. The summed E-state index contributed by atoms with van der Waals surface area (Å²) in [6.07, 6.45) is 0. The molecule has 0 N–H and O–H groups in total. The fraction of sp³-hybridized carbons (Fsp3) is 0. The maximum Gasteiger partial charge on any atom is 0.248 e. The van der Waals surface area contributed by atoms with Crippen molar-refractivity contribution in [2.45, 2.75) is 0 Å². The second-order valence-electron chi connectivity index (χ2n) is 13.4. The Kier molecular flexibility index (Phi) is 6.99. The first-order valence-electron chi connectivity index (χ1n) is 18.1. The predicted octanol–water partition coefficient (Wildman–Crippen LogP) is 11.1. The third-order valence-corrected chi connectivity index (χ3v) is 10.2. The Morgan fingerprint density at radius 1 is 0.345 bits per heavy atom. The van der Waals surface area contributed by atoms with Crippen molar-refractivity contribution < 1.29 is 4.42 Å². The van der Waals surface area contributed by atoms with Crippen molar-refractivity contribution in [2.75, 3.05) is 0 Å². The van der Waals surface area contributed by atoms with Gasteiger partial charge in [0.2, 0.25) is 17.7 Å². The second kappa shape index (κ2) is 12.5. The van der Waals surface area contributed by atoms with E-state index in [1.54, 1.807) is 0 Å². The number of fused-ring (bicyclic) bond motifs is 6. The maximum absolute atomic E-state index is 6.43. The zero-order valence-corrected chi connectivity index (χ0v) is 29.3. The quantitative estimate of drug-likeness (QED) is 0.171. The summed E-state index contributed by atoms with van der Waals surface area (Å²) in [4.78, 5) is 15.0. The van der Waals surface area contributed by atoms with Crippen LogP contribution in [0, 0.1) is 0 Å². The lowest BCUT2D eigenvalue weighted by atomic mass is 10.1. The van der Waals surface area contributed by atoms with Crippen LogP contribution in [0.4, 0.5) is 0 Å². The Morgan fingerprint density at radius 3 is 1.49 bits per heavy atom. The van der Waals surface area contributed by atoms with Crippen LogP contribution >= 0.6 is 0 Å². The molecule has 0 amide bonds. The number of hydrogen-bond acceptors (Lipinski definition) is 6. The van der Waals surface area contributed by atoms with Crippen molar-refractivity contribution in [2.24, 2.45) is 0 Å². The van der Waals surface area contributed by atoms with Gasteiger partial charge in [-0.1, -0.05) is 121 Å².